The number of anilines is 1. The number of carbonyl (C=O) groups is 1. The van der Waals surface area contributed by atoms with Crippen LogP contribution in [0, 0.1) is 0 Å². The Morgan fingerprint density at radius 1 is 0.978 bits per heavy atom. The molecule has 3 fully saturated rings. The quantitative estimate of drug-likeness (QED) is 0.308. The number of hydrogen-bond donors (Lipinski definition) is 2. The number of piperidine rings is 2. The highest BCUT2D eigenvalue weighted by Gasteiger charge is 2.59. The van der Waals surface area contributed by atoms with E-state index in [0.29, 0.717) is 11.3 Å². The number of H-pyrrole nitrogens is 1. The Hall–Kier alpha value is -3.21. The van der Waals surface area contributed by atoms with Gasteiger partial charge >= 0.3 is 0 Å². The highest BCUT2D eigenvalue weighted by molar-refractivity contribution is 7.91. The standard InChI is InChI=1S/C36H42N6O2S/c1-40-29-20-38-34-31(32(29)36(35(40)43)22-42(23-36)27-12-16-37-17-13-27)30(25-6-4-3-5-7-25)33(39-34)26-10-8-24(9-11-26)21-41-18-14-28(15-19-41)45(2)44/h3-11,20,27-28,37H,12-19,21-23H2,1-2H3,(H,38,39). The van der Waals surface area contributed by atoms with Crippen molar-refractivity contribution in [2.45, 2.75) is 48.9 Å². The number of fused-ring (bicyclic) bond motifs is 4. The molecule has 6 heterocycles. The van der Waals surface area contributed by atoms with Crippen LogP contribution in [0.4, 0.5) is 5.69 Å². The summed E-state index contributed by atoms with van der Waals surface area (Å²) >= 11 is -0.734. The van der Waals surface area contributed by atoms with Crippen LogP contribution in [-0.4, -0.2) is 94.1 Å². The largest absolute Gasteiger partial charge is 0.616 e. The van der Waals surface area contributed by atoms with Crippen LogP contribution in [-0.2, 0) is 27.9 Å². The molecule has 4 aliphatic rings. The Labute approximate surface area is 268 Å². The van der Waals surface area contributed by atoms with Crippen molar-refractivity contribution in [3.05, 3.63) is 71.9 Å². The van der Waals surface area contributed by atoms with E-state index in [1.54, 1.807) is 0 Å². The first-order valence-electron chi connectivity index (χ1n) is 16.4. The van der Waals surface area contributed by atoms with Gasteiger partial charge in [0.15, 0.2) is 0 Å². The van der Waals surface area contributed by atoms with Gasteiger partial charge in [-0.25, -0.2) is 4.98 Å². The third-order valence-electron chi connectivity index (χ3n) is 10.8. The molecular formula is C36H42N6O2S. The third kappa shape index (κ3) is 4.91. The first kappa shape index (κ1) is 29.2. The molecule has 4 aromatic rings. The van der Waals surface area contributed by atoms with Gasteiger partial charge in [-0.15, -0.1) is 0 Å². The van der Waals surface area contributed by atoms with Gasteiger partial charge in [0.1, 0.15) is 16.3 Å². The summed E-state index contributed by atoms with van der Waals surface area (Å²) in [5.74, 6) is 0.192. The fraction of sp³-hybridized carbons (Fsp3) is 0.444. The SMILES string of the molecule is CN1C(=O)C2(CN(C3CCNCC3)C2)c2c1cnc1[nH]c(-c3ccc(CN4CCC([S+](C)[O-])CC4)cc3)c(-c3ccccc3)c21. The molecule has 1 amide bonds. The lowest BCUT2D eigenvalue weighted by atomic mass is 9.72. The Morgan fingerprint density at radius 3 is 2.38 bits per heavy atom. The molecule has 45 heavy (non-hydrogen) atoms. The van der Waals surface area contributed by atoms with Crippen molar-refractivity contribution < 1.29 is 9.35 Å². The summed E-state index contributed by atoms with van der Waals surface area (Å²) in [7, 11) is 1.91. The molecule has 1 spiro atoms. The Bertz CT molecular complexity index is 1700. The minimum Gasteiger partial charge on any atom is -0.616 e. The van der Waals surface area contributed by atoms with Crippen molar-refractivity contribution in [3.63, 3.8) is 0 Å². The van der Waals surface area contributed by atoms with Crippen molar-refractivity contribution in [1.29, 1.82) is 0 Å². The van der Waals surface area contributed by atoms with Crippen molar-refractivity contribution in [1.82, 2.24) is 25.1 Å². The molecular weight excluding hydrogens is 581 g/mol. The van der Waals surface area contributed by atoms with Gasteiger partial charge < -0.3 is 19.8 Å². The predicted molar refractivity (Wildman–Crippen MR) is 182 cm³/mol. The summed E-state index contributed by atoms with van der Waals surface area (Å²) < 4.78 is 11.9. The van der Waals surface area contributed by atoms with E-state index in [1.807, 2.05) is 24.4 Å². The molecule has 1 atom stereocenters. The number of likely N-dealkylation sites (N-methyl/N-ethyl adjacent to an activating group) is 1. The smallest absolute Gasteiger partial charge is 0.240 e. The van der Waals surface area contributed by atoms with Crippen LogP contribution in [0.5, 0.6) is 0 Å². The maximum absolute atomic E-state index is 14.0. The molecule has 3 saturated heterocycles. The number of carbonyl (C=O) groups excluding carboxylic acids is 1. The molecule has 0 aliphatic carbocycles. The first-order valence-corrected chi connectivity index (χ1v) is 18.0. The van der Waals surface area contributed by atoms with E-state index >= 15 is 0 Å². The highest BCUT2D eigenvalue weighted by atomic mass is 32.2. The van der Waals surface area contributed by atoms with Crippen molar-refractivity contribution in [3.8, 4) is 22.4 Å². The van der Waals surface area contributed by atoms with E-state index in [9.17, 15) is 9.35 Å². The third-order valence-corrected chi connectivity index (χ3v) is 12.3. The van der Waals surface area contributed by atoms with E-state index in [1.165, 1.54) is 5.56 Å². The maximum Gasteiger partial charge on any atom is 0.240 e. The molecule has 2 N–H and O–H groups in total. The van der Waals surface area contributed by atoms with E-state index in [2.05, 4.69) is 74.7 Å². The molecule has 234 valence electrons. The minimum absolute atomic E-state index is 0.192. The van der Waals surface area contributed by atoms with Gasteiger partial charge in [0, 0.05) is 75.2 Å². The minimum atomic E-state index is -0.734. The van der Waals surface area contributed by atoms with E-state index < -0.39 is 16.6 Å². The second-order valence-corrected chi connectivity index (χ2v) is 15.2. The van der Waals surface area contributed by atoms with E-state index in [0.717, 1.165) is 116 Å². The zero-order valence-electron chi connectivity index (χ0n) is 26.2. The van der Waals surface area contributed by atoms with Crippen LogP contribution in [0.3, 0.4) is 0 Å². The van der Waals surface area contributed by atoms with Crippen LogP contribution in [0.25, 0.3) is 33.4 Å². The average molecular weight is 623 g/mol. The second-order valence-electron chi connectivity index (χ2n) is 13.5. The summed E-state index contributed by atoms with van der Waals surface area (Å²) in [4.78, 5) is 29.5. The number of hydrogen-bond acceptors (Lipinski definition) is 6. The zero-order chi connectivity index (χ0) is 30.7. The predicted octanol–water partition coefficient (Wildman–Crippen LogP) is 4.52. The fourth-order valence-electron chi connectivity index (χ4n) is 8.34. The molecule has 8 nitrogen and oxygen atoms in total. The van der Waals surface area contributed by atoms with Crippen molar-refractivity contribution in [2.75, 3.05) is 57.5 Å². The number of amides is 1. The maximum atomic E-state index is 14.0. The Kier molecular flexibility index (Phi) is 7.49. The summed E-state index contributed by atoms with van der Waals surface area (Å²) in [6, 6.07) is 20.0. The number of aromatic nitrogens is 2. The summed E-state index contributed by atoms with van der Waals surface area (Å²) in [6.45, 7) is 6.51. The molecule has 4 aliphatic heterocycles. The summed E-state index contributed by atoms with van der Waals surface area (Å²) in [6.07, 6.45) is 8.01. The van der Waals surface area contributed by atoms with Gasteiger partial charge in [0.25, 0.3) is 0 Å². The van der Waals surface area contributed by atoms with Gasteiger partial charge in [-0.3, -0.25) is 14.6 Å². The number of likely N-dealkylation sites (tertiary alicyclic amines) is 2. The average Bonchev–Trinajstić information content (AvgIpc) is 3.55. The number of nitrogens with zero attached hydrogens (tertiary/aromatic N) is 4. The first-order chi connectivity index (χ1) is 21.9. The van der Waals surface area contributed by atoms with E-state index in [4.69, 9.17) is 4.98 Å². The van der Waals surface area contributed by atoms with E-state index in [-0.39, 0.29) is 5.91 Å². The van der Waals surface area contributed by atoms with Gasteiger partial charge in [-0.2, -0.15) is 0 Å². The van der Waals surface area contributed by atoms with Crippen molar-refractivity contribution in [2.24, 2.45) is 0 Å². The molecule has 2 aromatic heterocycles. The number of benzene rings is 2. The number of aromatic amines is 1. The molecule has 2 aromatic carbocycles. The molecule has 0 saturated carbocycles. The molecule has 9 heteroatoms. The molecule has 1 unspecified atom stereocenters. The normalized spacial score (nSPS) is 21.8. The van der Waals surface area contributed by atoms with Crippen molar-refractivity contribution >= 4 is 33.8 Å². The molecule has 0 bridgehead atoms. The zero-order valence-corrected chi connectivity index (χ0v) is 27.0. The van der Waals surface area contributed by atoms with Crippen LogP contribution in [0.2, 0.25) is 0 Å². The second kappa shape index (κ2) is 11.5. The Balaban J connectivity index is 1.17. The number of nitrogens with one attached hydrogen (secondary N) is 2. The van der Waals surface area contributed by atoms with Gasteiger partial charge in [-0.05, 0) is 42.6 Å². The highest BCUT2D eigenvalue weighted by Crippen LogP contribution is 2.53. The fourth-order valence-corrected chi connectivity index (χ4v) is 9.21. The van der Waals surface area contributed by atoms with Crippen LogP contribution in [0.15, 0.2) is 60.8 Å². The van der Waals surface area contributed by atoms with Gasteiger partial charge in [0.05, 0.1) is 23.8 Å². The number of rotatable bonds is 6. The van der Waals surface area contributed by atoms with Crippen LogP contribution < -0.4 is 10.2 Å². The topological polar surface area (TPSA) is 90.6 Å². The molecule has 0 radical (unpaired) electrons. The lowest BCUT2D eigenvalue weighted by Crippen LogP contribution is -2.67. The molecule has 8 rings (SSSR count). The summed E-state index contributed by atoms with van der Waals surface area (Å²) in [5.41, 5.74) is 8.06. The lowest BCUT2D eigenvalue weighted by molar-refractivity contribution is -0.130. The summed E-state index contributed by atoms with van der Waals surface area (Å²) in [5, 5.41) is 4.89. The monoisotopic (exact) mass is 622 g/mol. The van der Waals surface area contributed by atoms with Gasteiger partial charge in [0.2, 0.25) is 5.91 Å². The van der Waals surface area contributed by atoms with Crippen LogP contribution in [0.1, 0.15) is 36.8 Å². The lowest BCUT2D eigenvalue weighted by Gasteiger charge is -2.51. The Morgan fingerprint density at radius 2 is 1.69 bits per heavy atom. The van der Waals surface area contributed by atoms with Crippen LogP contribution >= 0.6 is 0 Å². The number of pyridine rings is 1. The van der Waals surface area contributed by atoms with Gasteiger partial charge in [-0.1, -0.05) is 65.8 Å².